The number of pyridine rings is 1. The Bertz CT molecular complexity index is 2910. The first-order chi connectivity index (χ1) is 31.7. The van der Waals surface area contributed by atoms with Crippen LogP contribution in [0.1, 0.15) is 198 Å². The first kappa shape index (κ1) is 41.6. The predicted octanol–water partition coefficient (Wildman–Crippen LogP) is 14.4. The van der Waals surface area contributed by atoms with E-state index in [4.69, 9.17) is 4.98 Å². The van der Waals surface area contributed by atoms with Gasteiger partial charge in [0.05, 0.1) is 5.69 Å². The molecule has 4 heteroatoms. The Morgan fingerprint density at radius 3 is 1.54 bits per heavy atom. The average Bonchev–Trinajstić information content (AvgIpc) is 3.28. The van der Waals surface area contributed by atoms with Crippen LogP contribution in [0, 0.1) is 17.8 Å². The topological polar surface area (TPSA) is 19.4 Å². The van der Waals surface area contributed by atoms with Crippen LogP contribution in [0.3, 0.4) is 0 Å². The van der Waals surface area contributed by atoms with Crippen LogP contribution in [0.2, 0.25) is 0 Å². The molecule has 67 heavy (non-hydrogen) atoms. The van der Waals surface area contributed by atoms with Crippen LogP contribution in [0.5, 0.6) is 0 Å². The maximum absolute atomic E-state index is 6.35. The second-order valence-electron chi connectivity index (χ2n) is 27.8. The molecular weight excluding hydrogens is 810 g/mol. The van der Waals surface area contributed by atoms with Gasteiger partial charge in [0, 0.05) is 33.9 Å². The van der Waals surface area contributed by atoms with E-state index in [1.54, 1.807) is 22.3 Å². The average molecular weight is 884 g/mol. The summed E-state index contributed by atoms with van der Waals surface area (Å²) in [5, 5.41) is 0. The molecule has 10 aliphatic carbocycles. The number of rotatable bonds is 3. The van der Waals surface area contributed by atoms with Gasteiger partial charge in [-0.2, -0.15) is 0 Å². The van der Waals surface area contributed by atoms with Crippen molar-refractivity contribution in [1.82, 2.24) is 4.98 Å². The standard InChI is InChI=1S/C63H74BN3/c1-57(2,3)41-11-14-43(15-12-41)66-51-18-13-42(58(4,5)6)30-49(51)64-50-32-47-48(62(10)25-23-61(47,9)24-26-62)33-52(50)67(44-16-17-45-46(31-44)60(8)21-19-59(45,7)20-22-60)56-55(64)53(66)34-54(65-56)63-35-38-27-39(36-63)29-40(28-38)37-63/h11-18,30-34,38-40H,19-29,35-37H2,1-10H3. The van der Waals surface area contributed by atoms with E-state index in [9.17, 15) is 0 Å². The van der Waals surface area contributed by atoms with Gasteiger partial charge in [-0.3, -0.25) is 4.90 Å². The Balaban J connectivity index is 1.10. The van der Waals surface area contributed by atoms with Gasteiger partial charge in [0.1, 0.15) is 5.82 Å². The highest BCUT2D eigenvalue weighted by Crippen LogP contribution is 2.63. The van der Waals surface area contributed by atoms with Crippen LogP contribution >= 0.6 is 0 Å². The summed E-state index contributed by atoms with van der Waals surface area (Å²) in [6.07, 6.45) is 18.5. The number of aromatic nitrogens is 1. The third-order valence-electron chi connectivity index (χ3n) is 21.3. The highest BCUT2D eigenvalue weighted by Gasteiger charge is 2.56. The van der Waals surface area contributed by atoms with Crippen LogP contribution < -0.4 is 26.2 Å². The zero-order valence-corrected chi connectivity index (χ0v) is 42.6. The smallest absolute Gasteiger partial charge is 0.254 e. The third kappa shape index (κ3) is 5.68. The lowest BCUT2D eigenvalue weighted by Gasteiger charge is -2.57. The van der Waals surface area contributed by atoms with E-state index >= 15 is 0 Å². The molecule has 0 radical (unpaired) electrons. The van der Waals surface area contributed by atoms with Crippen LogP contribution in [0.25, 0.3) is 0 Å². The maximum atomic E-state index is 6.35. The Morgan fingerprint density at radius 1 is 0.478 bits per heavy atom. The largest absolute Gasteiger partial charge is 0.311 e. The van der Waals surface area contributed by atoms with Crippen molar-refractivity contribution in [2.24, 2.45) is 17.8 Å². The van der Waals surface area contributed by atoms with Crippen molar-refractivity contribution in [3.63, 3.8) is 0 Å². The zero-order valence-electron chi connectivity index (χ0n) is 42.6. The molecule has 0 N–H and O–H groups in total. The maximum Gasteiger partial charge on any atom is 0.254 e. The minimum atomic E-state index is 0.00775. The van der Waals surface area contributed by atoms with E-state index in [1.165, 1.54) is 157 Å². The summed E-state index contributed by atoms with van der Waals surface area (Å²) < 4.78 is 0. The monoisotopic (exact) mass is 884 g/mol. The highest BCUT2D eigenvalue weighted by atomic mass is 15.2. The van der Waals surface area contributed by atoms with Crippen molar-refractivity contribution in [2.45, 2.75) is 197 Å². The highest BCUT2D eigenvalue weighted by molar-refractivity contribution is 7.00. The number of anilines is 6. The fourth-order valence-corrected chi connectivity index (χ4v) is 17.2. The molecule has 0 amide bonds. The van der Waals surface area contributed by atoms with E-state index in [0.29, 0.717) is 0 Å². The summed E-state index contributed by atoms with van der Waals surface area (Å²) in [6, 6.07) is 33.3. The molecule has 1 aromatic heterocycles. The number of benzene rings is 4. The minimum absolute atomic E-state index is 0.00775. The molecule has 8 bridgehead atoms. The fraction of sp³-hybridized carbons (Fsp3) is 0.540. The van der Waals surface area contributed by atoms with Crippen molar-refractivity contribution < 1.29 is 0 Å². The fourth-order valence-electron chi connectivity index (χ4n) is 17.2. The summed E-state index contributed by atoms with van der Waals surface area (Å²) in [5.74, 6) is 3.72. The second kappa shape index (κ2) is 13.1. The summed E-state index contributed by atoms with van der Waals surface area (Å²) in [6.45, 7) is 24.7. The lowest BCUT2D eigenvalue weighted by Crippen LogP contribution is -2.63. The summed E-state index contributed by atoms with van der Waals surface area (Å²) in [7, 11) is 0. The molecule has 6 saturated carbocycles. The third-order valence-corrected chi connectivity index (χ3v) is 21.3. The Hall–Kier alpha value is -4.31. The molecule has 3 heterocycles. The van der Waals surface area contributed by atoms with E-state index < -0.39 is 0 Å². The van der Waals surface area contributed by atoms with Crippen molar-refractivity contribution in [3.8, 4) is 0 Å². The SMILES string of the molecule is CC(C)(C)c1ccc(N2c3ccc(C(C)(C)C)cc3B3c4cc5c(cc4N(c4ccc6c(c4)C4(C)CCC6(C)CC4)c4nc(C67CC8CC(CC(C8)C6)C7)cc2c43)C2(C)CCC5(C)CC2)cc1. The van der Waals surface area contributed by atoms with Crippen molar-refractivity contribution >= 4 is 57.4 Å². The molecule has 344 valence electrons. The lowest BCUT2D eigenvalue weighted by molar-refractivity contribution is -0.00711. The normalized spacial score (nSPS) is 33.6. The molecule has 4 aromatic carbocycles. The first-order valence-electron chi connectivity index (χ1n) is 27.0. The van der Waals surface area contributed by atoms with Crippen LogP contribution in [0.15, 0.2) is 78.9 Å². The second-order valence-corrected chi connectivity index (χ2v) is 27.8. The first-order valence-corrected chi connectivity index (χ1v) is 27.0. The molecule has 0 unspecified atom stereocenters. The van der Waals surface area contributed by atoms with Gasteiger partial charge < -0.3 is 4.90 Å². The van der Waals surface area contributed by atoms with Gasteiger partial charge in [-0.05, 0) is 232 Å². The van der Waals surface area contributed by atoms with E-state index in [1.807, 2.05) is 0 Å². The zero-order chi connectivity index (χ0) is 46.0. The van der Waals surface area contributed by atoms with Gasteiger partial charge in [0.15, 0.2) is 0 Å². The molecule has 0 spiro atoms. The van der Waals surface area contributed by atoms with Gasteiger partial charge >= 0.3 is 0 Å². The Labute approximate surface area is 403 Å². The molecule has 5 aromatic rings. The predicted molar refractivity (Wildman–Crippen MR) is 282 cm³/mol. The van der Waals surface area contributed by atoms with Crippen molar-refractivity contribution in [1.29, 1.82) is 0 Å². The Kier molecular flexibility index (Phi) is 8.15. The van der Waals surface area contributed by atoms with E-state index in [-0.39, 0.29) is 44.6 Å². The molecular formula is C63H74BN3. The van der Waals surface area contributed by atoms with Gasteiger partial charge in [0.2, 0.25) is 0 Å². The van der Waals surface area contributed by atoms with Gasteiger partial charge in [-0.15, -0.1) is 0 Å². The summed E-state index contributed by atoms with van der Waals surface area (Å²) in [5.41, 5.74) is 22.8. The number of hydrogen-bond donors (Lipinski definition) is 0. The van der Waals surface area contributed by atoms with Crippen LogP contribution in [-0.2, 0) is 37.9 Å². The number of nitrogens with zero attached hydrogens (tertiary/aromatic N) is 3. The summed E-state index contributed by atoms with van der Waals surface area (Å²) >= 11 is 0. The van der Waals surface area contributed by atoms with E-state index in [0.717, 1.165) is 17.8 Å². The van der Waals surface area contributed by atoms with Crippen molar-refractivity contribution in [2.75, 3.05) is 9.80 Å². The molecule has 2 aliphatic heterocycles. The molecule has 17 rings (SSSR count). The molecule has 12 aliphatic rings. The minimum Gasteiger partial charge on any atom is -0.311 e. The molecule has 3 nitrogen and oxygen atoms in total. The lowest BCUT2D eigenvalue weighted by atomic mass is 9.33. The van der Waals surface area contributed by atoms with E-state index in [2.05, 4.69) is 158 Å². The van der Waals surface area contributed by atoms with Gasteiger partial charge in [0.25, 0.3) is 6.71 Å². The Morgan fingerprint density at radius 2 is 0.970 bits per heavy atom. The summed E-state index contributed by atoms with van der Waals surface area (Å²) in [4.78, 5) is 11.8. The van der Waals surface area contributed by atoms with Crippen molar-refractivity contribution in [3.05, 3.63) is 118 Å². The molecule has 6 fully saturated rings. The molecule has 0 saturated heterocycles. The van der Waals surface area contributed by atoms with Gasteiger partial charge in [-0.1, -0.05) is 106 Å². The molecule has 0 atom stereocenters. The van der Waals surface area contributed by atoms with Crippen LogP contribution in [0.4, 0.5) is 34.3 Å². The number of hydrogen-bond acceptors (Lipinski definition) is 3. The number of fused-ring (bicyclic) bond motifs is 8. The van der Waals surface area contributed by atoms with Gasteiger partial charge in [-0.25, -0.2) is 4.98 Å². The quantitative estimate of drug-likeness (QED) is 0.165. The van der Waals surface area contributed by atoms with Crippen LogP contribution in [-0.4, -0.2) is 11.7 Å².